The molecule has 0 spiro atoms. The molecule has 0 aliphatic carbocycles. The van der Waals surface area contributed by atoms with Crippen LogP contribution in [0.1, 0.15) is 34.6 Å². The first-order chi connectivity index (χ1) is 5.04. The molecule has 0 aromatic heterocycles. The molecule has 1 atom stereocenters. The highest BCUT2D eigenvalue weighted by Crippen LogP contribution is 2.09. The van der Waals surface area contributed by atoms with Crippen molar-refractivity contribution in [3.05, 3.63) is 0 Å². The molecule has 0 saturated carbocycles. The molecule has 0 amide bonds. The summed E-state index contributed by atoms with van der Waals surface area (Å²) < 4.78 is 5.52. The summed E-state index contributed by atoms with van der Waals surface area (Å²) in [6.07, 6.45) is 0. The Bertz CT molecular complexity index is 86.9. The third kappa shape index (κ3) is 6.36. The highest BCUT2D eigenvalue weighted by atomic mass is 16.5. The van der Waals surface area contributed by atoms with Crippen LogP contribution in [0.25, 0.3) is 0 Å². The molecule has 0 aliphatic rings. The quantitative estimate of drug-likeness (QED) is 0.597. The third-order valence-corrected chi connectivity index (χ3v) is 1.97. The van der Waals surface area contributed by atoms with Crippen LogP contribution in [-0.4, -0.2) is 13.2 Å². The van der Waals surface area contributed by atoms with Crippen molar-refractivity contribution in [3.63, 3.8) is 0 Å². The lowest BCUT2D eigenvalue weighted by molar-refractivity contribution is 0.0715. The molecule has 0 bridgehead atoms. The first kappa shape index (κ1) is 11.0. The second-order valence-electron chi connectivity index (χ2n) is 4.15. The Balaban J connectivity index is 3.24. The van der Waals surface area contributed by atoms with Gasteiger partial charge in [0.05, 0.1) is 0 Å². The average molecular weight is 158 g/mol. The van der Waals surface area contributed by atoms with Crippen LogP contribution in [0.4, 0.5) is 0 Å². The van der Waals surface area contributed by atoms with E-state index in [0.717, 1.165) is 19.1 Å². The molecule has 11 heavy (non-hydrogen) atoms. The van der Waals surface area contributed by atoms with Crippen LogP contribution in [0.3, 0.4) is 0 Å². The molecule has 0 aromatic carbocycles. The van der Waals surface area contributed by atoms with E-state index in [-0.39, 0.29) is 0 Å². The summed E-state index contributed by atoms with van der Waals surface area (Å²) in [7, 11) is 0. The largest absolute Gasteiger partial charge is 0.381 e. The zero-order valence-electron chi connectivity index (χ0n) is 8.55. The molecular formula is C10H22O. The lowest BCUT2D eigenvalue weighted by Gasteiger charge is -2.16. The molecule has 0 radical (unpaired) electrons. The number of ether oxygens (including phenoxy) is 1. The Labute approximate surface area is 71.1 Å². The molecule has 0 fully saturated rings. The number of rotatable bonds is 5. The summed E-state index contributed by atoms with van der Waals surface area (Å²) in [5, 5.41) is 0. The second-order valence-corrected chi connectivity index (χ2v) is 4.15. The van der Waals surface area contributed by atoms with Crippen LogP contribution in [0.5, 0.6) is 0 Å². The predicted octanol–water partition coefficient (Wildman–Crippen LogP) is 2.95. The van der Waals surface area contributed by atoms with Gasteiger partial charge < -0.3 is 4.74 Å². The smallest absolute Gasteiger partial charge is 0.0494 e. The van der Waals surface area contributed by atoms with E-state index in [9.17, 15) is 0 Å². The van der Waals surface area contributed by atoms with E-state index in [4.69, 9.17) is 4.74 Å². The normalized spacial score (nSPS) is 14.5. The van der Waals surface area contributed by atoms with Crippen LogP contribution in [-0.2, 0) is 4.74 Å². The minimum atomic E-state index is 0.661. The molecule has 0 unspecified atom stereocenters. The number of hydrogen-bond acceptors (Lipinski definition) is 1. The fraction of sp³-hybridized carbons (Fsp3) is 1.00. The van der Waals surface area contributed by atoms with Crippen molar-refractivity contribution in [1.82, 2.24) is 0 Å². The fourth-order valence-electron chi connectivity index (χ4n) is 0.682. The molecule has 0 aliphatic heterocycles. The van der Waals surface area contributed by atoms with Gasteiger partial charge in [0.15, 0.2) is 0 Å². The van der Waals surface area contributed by atoms with Crippen molar-refractivity contribution in [2.45, 2.75) is 34.6 Å². The molecule has 1 nitrogen and oxygen atoms in total. The lowest BCUT2D eigenvalue weighted by Crippen LogP contribution is -2.14. The standard InChI is InChI=1S/C10H22O/c1-8(2)6-11-7-10(5)9(3)4/h8-10H,6-7H2,1-5H3/t10-/m0/s1. The van der Waals surface area contributed by atoms with Gasteiger partial charge in [0.2, 0.25) is 0 Å². The van der Waals surface area contributed by atoms with Crippen LogP contribution in [0.15, 0.2) is 0 Å². The van der Waals surface area contributed by atoms with Crippen LogP contribution < -0.4 is 0 Å². The molecule has 0 saturated heterocycles. The molecule has 0 rings (SSSR count). The SMILES string of the molecule is CC(C)COC[C@H](C)C(C)C. The topological polar surface area (TPSA) is 9.23 Å². The van der Waals surface area contributed by atoms with E-state index in [1.165, 1.54) is 0 Å². The van der Waals surface area contributed by atoms with Gasteiger partial charge in [-0.05, 0) is 17.8 Å². The van der Waals surface area contributed by atoms with Gasteiger partial charge in [-0.1, -0.05) is 34.6 Å². The zero-order chi connectivity index (χ0) is 8.85. The Hall–Kier alpha value is -0.0400. The Morgan fingerprint density at radius 3 is 1.82 bits per heavy atom. The fourth-order valence-corrected chi connectivity index (χ4v) is 0.682. The summed E-state index contributed by atoms with van der Waals surface area (Å²) in [4.78, 5) is 0. The van der Waals surface area contributed by atoms with Gasteiger partial charge in [0.25, 0.3) is 0 Å². The second kappa shape index (κ2) is 5.59. The van der Waals surface area contributed by atoms with Crippen molar-refractivity contribution in [3.8, 4) is 0 Å². The summed E-state index contributed by atoms with van der Waals surface area (Å²) in [6.45, 7) is 12.9. The summed E-state index contributed by atoms with van der Waals surface area (Å²) in [5.41, 5.74) is 0. The van der Waals surface area contributed by atoms with E-state index in [1.54, 1.807) is 0 Å². The van der Waals surface area contributed by atoms with E-state index in [1.807, 2.05) is 0 Å². The maximum atomic E-state index is 5.52. The molecular weight excluding hydrogens is 136 g/mol. The molecule has 0 N–H and O–H groups in total. The van der Waals surface area contributed by atoms with Gasteiger partial charge in [0.1, 0.15) is 0 Å². The Morgan fingerprint density at radius 2 is 1.45 bits per heavy atom. The first-order valence-electron chi connectivity index (χ1n) is 4.61. The van der Waals surface area contributed by atoms with Gasteiger partial charge in [-0.25, -0.2) is 0 Å². The Kier molecular flexibility index (Phi) is 5.57. The van der Waals surface area contributed by atoms with Gasteiger partial charge in [-0.2, -0.15) is 0 Å². The zero-order valence-corrected chi connectivity index (χ0v) is 8.55. The Morgan fingerprint density at radius 1 is 0.909 bits per heavy atom. The van der Waals surface area contributed by atoms with E-state index in [0.29, 0.717) is 11.8 Å². The van der Waals surface area contributed by atoms with Crippen LogP contribution >= 0.6 is 0 Å². The van der Waals surface area contributed by atoms with Crippen molar-refractivity contribution in [2.75, 3.05) is 13.2 Å². The van der Waals surface area contributed by atoms with Gasteiger partial charge in [0, 0.05) is 13.2 Å². The minimum absolute atomic E-state index is 0.661. The first-order valence-corrected chi connectivity index (χ1v) is 4.61. The summed E-state index contributed by atoms with van der Waals surface area (Å²) >= 11 is 0. The molecule has 0 aromatic rings. The lowest BCUT2D eigenvalue weighted by atomic mass is 9.99. The molecule has 68 valence electrons. The number of hydrogen-bond donors (Lipinski definition) is 0. The predicted molar refractivity (Wildman–Crippen MR) is 49.7 cm³/mol. The molecule has 1 heteroatoms. The minimum Gasteiger partial charge on any atom is -0.381 e. The van der Waals surface area contributed by atoms with Gasteiger partial charge >= 0.3 is 0 Å². The van der Waals surface area contributed by atoms with E-state index in [2.05, 4.69) is 34.6 Å². The van der Waals surface area contributed by atoms with Gasteiger partial charge in [-0.15, -0.1) is 0 Å². The van der Waals surface area contributed by atoms with E-state index < -0.39 is 0 Å². The van der Waals surface area contributed by atoms with Crippen LogP contribution in [0, 0.1) is 17.8 Å². The third-order valence-electron chi connectivity index (χ3n) is 1.97. The highest BCUT2D eigenvalue weighted by molar-refractivity contribution is 4.55. The van der Waals surface area contributed by atoms with Crippen molar-refractivity contribution in [2.24, 2.45) is 17.8 Å². The molecule has 0 heterocycles. The van der Waals surface area contributed by atoms with Gasteiger partial charge in [-0.3, -0.25) is 0 Å². The summed E-state index contributed by atoms with van der Waals surface area (Å²) in [6, 6.07) is 0. The van der Waals surface area contributed by atoms with Crippen molar-refractivity contribution in [1.29, 1.82) is 0 Å². The summed E-state index contributed by atoms with van der Waals surface area (Å²) in [5.74, 6) is 2.09. The van der Waals surface area contributed by atoms with E-state index >= 15 is 0 Å². The maximum absolute atomic E-state index is 5.52. The highest BCUT2D eigenvalue weighted by Gasteiger charge is 2.06. The maximum Gasteiger partial charge on any atom is 0.0494 e. The van der Waals surface area contributed by atoms with Crippen LogP contribution in [0.2, 0.25) is 0 Å². The monoisotopic (exact) mass is 158 g/mol. The average Bonchev–Trinajstić information content (AvgIpc) is 1.86. The van der Waals surface area contributed by atoms with Crippen molar-refractivity contribution < 1.29 is 4.74 Å². The van der Waals surface area contributed by atoms with Crippen molar-refractivity contribution >= 4 is 0 Å².